The molecule has 30 heavy (non-hydrogen) atoms. The Balaban J connectivity index is 1.80. The lowest BCUT2D eigenvalue weighted by atomic mass is 10.0. The van der Waals surface area contributed by atoms with E-state index in [9.17, 15) is 10.1 Å². The molecule has 0 amide bonds. The predicted molar refractivity (Wildman–Crippen MR) is 122 cm³/mol. The minimum atomic E-state index is -0.989. The Labute approximate surface area is 192 Å². The van der Waals surface area contributed by atoms with E-state index in [2.05, 4.69) is 22.0 Å². The number of nitriles is 1. The van der Waals surface area contributed by atoms with Crippen LogP contribution in [-0.4, -0.2) is 11.1 Å². The summed E-state index contributed by atoms with van der Waals surface area (Å²) in [6.07, 6.45) is 1.70. The van der Waals surface area contributed by atoms with Gasteiger partial charge in [0.15, 0.2) is 5.75 Å². The van der Waals surface area contributed by atoms with E-state index < -0.39 is 5.97 Å². The second kappa shape index (κ2) is 9.82. The van der Waals surface area contributed by atoms with E-state index >= 15 is 0 Å². The number of rotatable bonds is 6. The number of carboxylic acids is 1. The summed E-state index contributed by atoms with van der Waals surface area (Å²) in [4.78, 5) is 10.9. The Hall–Kier alpha value is -2.78. The van der Waals surface area contributed by atoms with E-state index in [0.29, 0.717) is 26.9 Å². The first-order chi connectivity index (χ1) is 14.4. The van der Waals surface area contributed by atoms with Crippen LogP contribution in [0.2, 0.25) is 10.0 Å². The van der Waals surface area contributed by atoms with Crippen molar-refractivity contribution in [1.29, 1.82) is 5.26 Å². The lowest BCUT2D eigenvalue weighted by molar-refractivity contribution is 0.0697. The van der Waals surface area contributed by atoms with E-state index in [1.165, 1.54) is 12.1 Å². The summed E-state index contributed by atoms with van der Waals surface area (Å²) in [5, 5.41) is 19.1. The number of nitrogens with zero attached hydrogens (tertiary/aromatic N) is 1. The lowest BCUT2D eigenvalue weighted by Crippen LogP contribution is -1.99. The molecule has 0 aliphatic carbocycles. The van der Waals surface area contributed by atoms with Crippen molar-refractivity contribution in [3.8, 4) is 11.8 Å². The van der Waals surface area contributed by atoms with Crippen LogP contribution in [-0.2, 0) is 6.61 Å². The fourth-order valence-corrected chi connectivity index (χ4v) is 3.55. The summed E-state index contributed by atoms with van der Waals surface area (Å²) in [5.74, 6) is -0.669. The summed E-state index contributed by atoms with van der Waals surface area (Å²) >= 11 is 16.1. The molecule has 0 fully saturated rings. The number of aromatic carboxylic acids is 1. The second-order valence-electron chi connectivity index (χ2n) is 6.28. The monoisotopic (exact) mass is 501 g/mol. The average molecular weight is 503 g/mol. The zero-order valence-corrected chi connectivity index (χ0v) is 18.5. The molecule has 0 spiro atoms. The van der Waals surface area contributed by atoms with Crippen LogP contribution in [0.25, 0.3) is 11.6 Å². The van der Waals surface area contributed by atoms with Crippen LogP contribution in [0.3, 0.4) is 0 Å². The largest absolute Gasteiger partial charge is 0.486 e. The zero-order chi connectivity index (χ0) is 21.7. The molecule has 3 aromatic rings. The molecule has 3 aromatic carbocycles. The van der Waals surface area contributed by atoms with Gasteiger partial charge in [0.25, 0.3) is 0 Å². The third-order valence-corrected chi connectivity index (χ3v) is 5.28. The van der Waals surface area contributed by atoms with E-state index in [-0.39, 0.29) is 12.2 Å². The maximum Gasteiger partial charge on any atom is 0.335 e. The van der Waals surface area contributed by atoms with Gasteiger partial charge in [-0.1, -0.05) is 63.4 Å². The van der Waals surface area contributed by atoms with Gasteiger partial charge in [-0.15, -0.1) is 0 Å². The van der Waals surface area contributed by atoms with Crippen molar-refractivity contribution < 1.29 is 14.6 Å². The Morgan fingerprint density at radius 2 is 1.60 bits per heavy atom. The van der Waals surface area contributed by atoms with E-state index in [4.69, 9.17) is 33.0 Å². The molecule has 1 N–H and O–H groups in total. The van der Waals surface area contributed by atoms with E-state index in [1.807, 2.05) is 24.3 Å². The third kappa shape index (κ3) is 5.43. The molecule has 4 nitrogen and oxygen atoms in total. The highest BCUT2D eigenvalue weighted by Crippen LogP contribution is 2.36. The van der Waals surface area contributed by atoms with Crippen molar-refractivity contribution in [1.82, 2.24) is 0 Å². The van der Waals surface area contributed by atoms with Crippen LogP contribution >= 0.6 is 39.1 Å². The van der Waals surface area contributed by atoms with Gasteiger partial charge in [0, 0.05) is 4.47 Å². The molecule has 7 heteroatoms. The van der Waals surface area contributed by atoms with E-state index in [1.54, 1.807) is 30.3 Å². The molecule has 0 saturated carbocycles. The highest BCUT2D eigenvalue weighted by atomic mass is 79.9. The first-order valence-corrected chi connectivity index (χ1v) is 10.2. The van der Waals surface area contributed by atoms with Crippen LogP contribution in [0.15, 0.2) is 65.1 Å². The molecule has 3 rings (SSSR count). The second-order valence-corrected chi connectivity index (χ2v) is 8.01. The number of carboxylic acid groups (broad SMARTS) is 1. The Morgan fingerprint density at radius 1 is 1.03 bits per heavy atom. The third-order valence-electron chi connectivity index (χ3n) is 4.19. The molecule has 0 atom stereocenters. The molecular weight excluding hydrogens is 489 g/mol. The number of halogens is 3. The van der Waals surface area contributed by atoms with Gasteiger partial charge < -0.3 is 9.84 Å². The van der Waals surface area contributed by atoms with Gasteiger partial charge in [-0.25, -0.2) is 4.79 Å². The molecule has 0 aliphatic rings. The smallest absolute Gasteiger partial charge is 0.335 e. The number of hydrogen-bond acceptors (Lipinski definition) is 3. The van der Waals surface area contributed by atoms with Crippen molar-refractivity contribution in [2.24, 2.45) is 0 Å². The summed E-state index contributed by atoms with van der Waals surface area (Å²) in [6, 6.07) is 19.3. The normalized spacial score (nSPS) is 11.1. The highest BCUT2D eigenvalue weighted by Gasteiger charge is 2.11. The molecule has 0 aliphatic heterocycles. The van der Waals surface area contributed by atoms with Crippen LogP contribution in [0.4, 0.5) is 0 Å². The molecule has 0 radical (unpaired) electrons. The maximum absolute atomic E-state index is 10.9. The van der Waals surface area contributed by atoms with Gasteiger partial charge in [0.1, 0.15) is 6.61 Å². The topological polar surface area (TPSA) is 70.3 Å². The van der Waals surface area contributed by atoms with Gasteiger partial charge in [-0.05, 0) is 59.2 Å². The highest BCUT2D eigenvalue weighted by molar-refractivity contribution is 9.10. The minimum absolute atomic E-state index is 0.177. The fourth-order valence-electron chi connectivity index (χ4n) is 2.68. The van der Waals surface area contributed by atoms with Crippen LogP contribution in [0.5, 0.6) is 5.75 Å². The number of ether oxygens (including phenoxy) is 1. The molecule has 0 unspecified atom stereocenters. The number of carbonyl (C=O) groups is 1. The van der Waals surface area contributed by atoms with E-state index in [0.717, 1.165) is 15.6 Å². The first-order valence-electron chi connectivity index (χ1n) is 8.69. The number of hydrogen-bond donors (Lipinski definition) is 1. The Kier molecular flexibility index (Phi) is 7.17. The van der Waals surface area contributed by atoms with Crippen molar-refractivity contribution >= 4 is 56.8 Å². The van der Waals surface area contributed by atoms with Crippen LogP contribution in [0, 0.1) is 11.3 Å². The lowest BCUT2D eigenvalue weighted by Gasteiger charge is -2.11. The van der Waals surface area contributed by atoms with Crippen molar-refractivity contribution in [2.45, 2.75) is 6.61 Å². The van der Waals surface area contributed by atoms with Gasteiger partial charge in [0.2, 0.25) is 0 Å². The molecular formula is C23H14BrCl2NO3. The summed E-state index contributed by atoms with van der Waals surface area (Å²) in [5.41, 5.74) is 2.89. The molecule has 150 valence electrons. The zero-order valence-electron chi connectivity index (χ0n) is 15.4. The maximum atomic E-state index is 10.9. The van der Waals surface area contributed by atoms with Gasteiger partial charge in [-0.2, -0.15) is 5.26 Å². The van der Waals surface area contributed by atoms with Gasteiger partial charge in [0.05, 0.1) is 27.3 Å². The summed E-state index contributed by atoms with van der Waals surface area (Å²) in [7, 11) is 0. The Morgan fingerprint density at radius 3 is 2.13 bits per heavy atom. The molecule has 0 heterocycles. The van der Waals surface area contributed by atoms with Crippen molar-refractivity contribution in [2.75, 3.05) is 0 Å². The van der Waals surface area contributed by atoms with Crippen molar-refractivity contribution in [3.05, 3.63) is 97.4 Å². The van der Waals surface area contributed by atoms with Crippen LogP contribution < -0.4 is 4.74 Å². The number of benzene rings is 3. The molecule has 0 saturated heterocycles. The minimum Gasteiger partial charge on any atom is -0.486 e. The summed E-state index contributed by atoms with van der Waals surface area (Å²) in [6.45, 7) is 0.177. The van der Waals surface area contributed by atoms with Gasteiger partial charge >= 0.3 is 5.97 Å². The van der Waals surface area contributed by atoms with Gasteiger partial charge in [-0.3, -0.25) is 0 Å². The quantitative estimate of drug-likeness (QED) is 0.288. The standard InChI is InChI=1S/C23H14BrCl2NO3/c24-19-7-5-16(6-8-19)18(12-27)9-15-10-20(25)22(21(26)11-15)30-13-14-1-3-17(4-2-14)23(28)29/h1-11H,13H2,(H,28,29)/b18-9+. The number of allylic oxidation sites excluding steroid dienone is 1. The van der Waals surface area contributed by atoms with Crippen molar-refractivity contribution in [3.63, 3.8) is 0 Å². The summed E-state index contributed by atoms with van der Waals surface area (Å²) < 4.78 is 6.66. The SMILES string of the molecule is N#C/C(=C\c1cc(Cl)c(OCc2ccc(C(=O)O)cc2)c(Cl)c1)c1ccc(Br)cc1. The molecule has 0 aromatic heterocycles. The average Bonchev–Trinajstić information content (AvgIpc) is 2.72. The van der Waals surface area contributed by atoms with Crippen LogP contribution in [0.1, 0.15) is 27.0 Å². The fraction of sp³-hybridized carbons (Fsp3) is 0.0435. The first kappa shape index (κ1) is 21.9. The molecule has 0 bridgehead atoms. The Bertz CT molecular complexity index is 1130. The predicted octanol–water partition coefficient (Wildman–Crippen LogP) is 7.10.